The van der Waals surface area contributed by atoms with Crippen molar-refractivity contribution in [2.45, 2.75) is 38.1 Å². The van der Waals surface area contributed by atoms with Crippen LogP contribution in [0, 0.1) is 5.92 Å². The summed E-state index contributed by atoms with van der Waals surface area (Å²) in [6.45, 7) is 4.42. The van der Waals surface area contributed by atoms with Gasteiger partial charge in [-0.3, -0.25) is 9.59 Å². The van der Waals surface area contributed by atoms with E-state index < -0.39 is 6.04 Å². The number of amides is 2. The molecule has 0 radical (unpaired) electrons. The molecular weight excluding hydrogens is 360 g/mol. The Morgan fingerprint density at radius 1 is 1.04 bits per heavy atom. The van der Waals surface area contributed by atoms with E-state index in [1.54, 1.807) is 24.3 Å². The largest absolute Gasteiger partial charge is 0.353 e. The van der Waals surface area contributed by atoms with Crippen LogP contribution in [0.5, 0.6) is 0 Å². The summed E-state index contributed by atoms with van der Waals surface area (Å²) in [5.41, 5.74) is 1.66. The van der Waals surface area contributed by atoms with Gasteiger partial charge in [0.1, 0.15) is 6.04 Å². The molecule has 2 aromatic rings. The van der Waals surface area contributed by atoms with Crippen LogP contribution >= 0.6 is 11.6 Å². The lowest BCUT2D eigenvalue weighted by Gasteiger charge is -2.24. The Bertz CT molecular complexity index is 816. The summed E-state index contributed by atoms with van der Waals surface area (Å²) in [5.74, 6) is -0.533. The molecule has 1 aliphatic carbocycles. The highest BCUT2D eigenvalue weighted by molar-refractivity contribution is 6.33. The zero-order chi connectivity index (χ0) is 19.4. The smallest absolute Gasteiger partial charge is 0.253 e. The molecule has 1 aliphatic rings. The lowest BCUT2D eigenvalue weighted by Crippen LogP contribution is -2.51. The standard InChI is InChI=1S/C22H25ClN2O2/c1-15(2)19(25-20(26)17-10-6-7-11-18(17)23)21(27)24-14-22(12-13-22)16-8-4-3-5-9-16/h3-11,15,19H,12-14H2,1-2H3,(H,24,27)(H,25,26)/t19-/m0/s1. The van der Waals surface area contributed by atoms with Gasteiger partial charge in [0.25, 0.3) is 5.91 Å². The van der Waals surface area contributed by atoms with Crippen LogP contribution in [0.1, 0.15) is 42.6 Å². The highest BCUT2D eigenvalue weighted by Crippen LogP contribution is 2.47. The zero-order valence-corrected chi connectivity index (χ0v) is 16.4. The number of benzene rings is 2. The van der Waals surface area contributed by atoms with Gasteiger partial charge in [0, 0.05) is 12.0 Å². The van der Waals surface area contributed by atoms with E-state index in [0.29, 0.717) is 17.1 Å². The highest BCUT2D eigenvalue weighted by atomic mass is 35.5. The van der Waals surface area contributed by atoms with Gasteiger partial charge in [0.2, 0.25) is 5.91 Å². The number of halogens is 1. The highest BCUT2D eigenvalue weighted by Gasteiger charge is 2.44. The fourth-order valence-electron chi connectivity index (χ4n) is 3.28. The van der Waals surface area contributed by atoms with Crippen LogP contribution in [0.3, 0.4) is 0 Å². The van der Waals surface area contributed by atoms with Crippen LogP contribution in [-0.4, -0.2) is 24.4 Å². The van der Waals surface area contributed by atoms with Gasteiger partial charge in [0.15, 0.2) is 0 Å². The molecule has 2 N–H and O–H groups in total. The molecule has 1 fully saturated rings. The average molecular weight is 385 g/mol. The molecule has 0 aliphatic heterocycles. The van der Waals surface area contributed by atoms with Gasteiger partial charge in [-0.05, 0) is 36.5 Å². The van der Waals surface area contributed by atoms with Crippen molar-refractivity contribution in [3.05, 3.63) is 70.7 Å². The summed E-state index contributed by atoms with van der Waals surface area (Å²) in [5, 5.41) is 6.26. The summed E-state index contributed by atoms with van der Waals surface area (Å²) in [7, 11) is 0. The molecule has 3 rings (SSSR count). The van der Waals surface area contributed by atoms with E-state index in [1.165, 1.54) is 5.56 Å². The topological polar surface area (TPSA) is 58.2 Å². The first-order chi connectivity index (χ1) is 12.9. The Kier molecular flexibility index (Phi) is 5.85. The predicted molar refractivity (Wildman–Crippen MR) is 108 cm³/mol. The maximum Gasteiger partial charge on any atom is 0.253 e. The number of nitrogens with one attached hydrogen (secondary N) is 2. The molecular formula is C22H25ClN2O2. The van der Waals surface area contributed by atoms with E-state index in [9.17, 15) is 9.59 Å². The van der Waals surface area contributed by atoms with Crippen molar-refractivity contribution in [3.8, 4) is 0 Å². The Labute approximate surface area is 165 Å². The molecule has 2 amide bonds. The molecule has 2 aromatic carbocycles. The fourth-order valence-corrected chi connectivity index (χ4v) is 3.50. The number of carbonyl (C=O) groups is 2. The van der Waals surface area contributed by atoms with Gasteiger partial charge in [0.05, 0.1) is 10.6 Å². The molecule has 142 valence electrons. The Hall–Kier alpha value is -2.33. The summed E-state index contributed by atoms with van der Waals surface area (Å²) >= 11 is 6.10. The third-order valence-electron chi connectivity index (χ3n) is 5.19. The van der Waals surface area contributed by atoms with Crippen molar-refractivity contribution in [1.82, 2.24) is 10.6 Å². The van der Waals surface area contributed by atoms with Gasteiger partial charge in [-0.25, -0.2) is 0 Å². The molecule has 0 aromatic heterocycles. The van der Waals surface area contributed by atoms with E-state index >= 15 is 0 Å². The Morgan fingerprint density at radius 2 is 1.67 bits per heavy atom. The Morgan fingerprint density at radius 3 is 2.26 bits per heavy atom. The number of hydrogen-bond acceptors (Lipinski definition) is 2. The molecule has 0 unspecified atom stereocenters. The zero-order valence-electron chi connectivity index (χ0n) is 15.7. The lowest BCUT2D eigenvalue weighted by atomic mass is 9.95. The van der Waals surface area contributed by atoms with E-state index in [-0.39, 0.29) is 23.1 Å². The average Bonchev–Trinajstić information content (AvgIpc) is 3.46. The Balaban J connectivity index is 1.64. The maximum atomic E-state index is 12.8. The molecule has 0 heterocycles. The van der Waals surface area contributed by atoms with Gasteiger partial charge in [-0.2, -0.15) is 0 Å². The second-order valence-corrected chi connectivity index (χ2v) is 7.95. The minimum Gasteiger partial charge on any atom is -0.353 e. The first-order valence-corrected chi connectivity index (χ1v) is 9.69. The van der Waals surface area contributed by atoms with E-state index in [0.717, 1.165) is 12.8 Å². The fraction of sp³-hybridized carbons (Fsp3) is 0.364. The van der Waals surface area contributed by atoms with Crippen molar-refractivity contribution in [2.24, 2.45) is 5.92 Å². The second kappa shape index (κ2) is 8.13. The van der Waals surface area contributed by atoms with Crippen LogP contribution in [0.15, 0.2) is 54.6 Å². The quantitative estimate of drug-likeness (QED) is 0.759. The van der Waals surface area contributed by atoms with E-state index in [2.05, 4.69) is 22.8 Å². The molecule has 0 bridgehead atoms. The SMILES string of the molecule is CC(C)[C@H](NC(=O)c1ccccc1Cl)C(=O)NCC1(c2ccccc2)CC1. The molecule has 0 spiro atoms. The first kappa shape index (κ1) is 19.4. The van der Waals surface area contributed by atoms with Crippen LogP contribution in [-0.2, 0) is 10.2 Å². The van der Waals surface area contributed by atoms with Gasteiger partial charge in [-0.15, -0.1) is 0 Å². The van der Waals surface area contributed by atoms with Gasteiger partial charge < -0.3 is 10.6 Å². The molecule has 1 saturated carbocycles. The van der Waals surface area contributed by atoms with Gasteiger partial charge >= 0.3 is 0 Å². The third-order valence-corrected chi connectivity index (χ3v) is 5.52. The molecule has 1 atom stereocenters. The van der Waals surface area contributed by atoms with Crippen LogP contribution in [0.25, 0.3) is 0 Å². The number of hydrogen-bond donors (Lipinski definition) is 2. The summed E-state index contributed by atoms with van der Waals surface area (Å²) in [6, 6.07) is 16.5. The molecule has 0 saturated heterocycles. The summed E-state index contributed by atoms with van der Waals surface area (Å²) in [6.07, 6.45) is 2.13. The normalized spacial score (nSPS) is 15.9. The lowest BCUT2D eigenvalue weighted by molar-refractivity contribution is -0.124. The first-order valence-electron chi connectivity index (χ1n) is 9.31. The van der Waals surface area contributed by atoms with Crippen LogP contribution in [0.2, 0.25) is 5.02 Å². The number of carbonyl (C=O) groups excluding carboxylic acids is 2. The monoisotopic (exact) mass is 384 g/mol. The van der Waals surface area contributed by atoms with E-state index in [1.807, 2.05) is 32.0 Å². The minimum absolute atomic E-state index is 0.0329. The van der Waals surface area contributed by atoms with Crippen molar-refractivity contribution in [1.29, 1.82) is 0 Å². The van der Waals surface area contributed by atoms with Gasteiger partial charge in [-0.1, -0.05) is 67.9 Å². The predicted octanol–water partition coefficient (Wildman–Crippen LogP) is 3.94. The van der Waals surface area contributed by atoms with E-state index in [4.69, 9.17) is 11.6 Å². The van der Waals surface area contributed by atoms with Crippen molar-refractivity contribution < 1.29 is 9.59 Å². The summed E-state index contributed by atoms with van der Waals surface area (Å²) < 4.78 is 0. The number of rotatable bonds is 7. The molecule has 4 nitrogen and oxygen atoms in total. The van der Waals surface area contributed by atoms with Crippen LogP contribution in [0.4, 0.5) is 0 Å². The second-order valence-electron chi connectivity index (χ2n) is 7.54. The minimum atomic E-state index is -0.611. The summed E-state index contributed by atoms with van der Waals surface area (Å²) in [4.78, 5) is 25.3. The maximum absolute atomic E-state index is 12.8. The van der Waals surface area contributed by atoms with Crippen molar-refractivity contribution >= 4 is 23.4 Å². The van der Waals surface area contributed by atoms with Crippen molar-refractivity contribution in [2.75, 3.05) is 6.54 Å². The molecule has 27 heavy (non-hydrogen) atoms. The van der Waals surface area contributed by atoms with Crippen LogP contribution < -0.4 is 10.6 Å². The van der Waals surface area contributed by atoms with Crippen molar-refractivity contribution in [3.63, 3.8) is 0 Å². The molecule has 5 heteroatoms. The third kappa shape index (κ3) is 4.51.